The molecule has 0 aliphatic rings. The van der Waals surface area contributed by atoms with Crippen molar-refractivity contribution >= 4 is 9.84 Å². The highest BCUT2D eigenvalue weighted by molar-refractivity contribution is 7.89. The van der Waals surface area contributed by atoms with Gasteiger partial charge in [0.1, 0.15) is 0 Å². The molecule has 0 saturated heterocycles. The van der Waals surface area contributed by atoms with Crippen LogP contribution in [0.25, 0.3) is 0 Å². The highest BCUT2D eigenvalue weighted by atomic mass is 32.2. The van der Waals surface area contributed by atoms with Crippen LogP contribution in [0.5, 0.6) is 0 Å². The van der Waals surface area contributed by atoms with Gasteiger partial charge >= 0.3 is 0 Å². The molecule has 0 amide bonds. The third-order valence-corrected chi connectivity index (χ3v) is 4.88. The molecule has 0 bridgehead atoms. The van der Waals surface area contributed by atoms with Crippen molar-refractivity contribution in [3.63, 3.8) is 0 Å². The fraction of sp³-hybridized carbons (Fsp3) is 0.333. The van der Waals surface area contributed by atoms with E-state index in [0.29, 0.717) is 0 Å². The van der Waals surface area contributed by atoms with E-state index in [4.69, 9.17) is 0 Å². The van der Waals surface area contributed by atoms with Gasteiger partial charge in [0.25, 0.3) is 0 Å². The average molecular weight is 302 g/mol. The molecule has 0 fully saturated rings. The van der Waals surface area contributed by atoms with Crippen LogP contribution in [0.15, 0.2) is 36.4 Å². The van der Waals surface area contributed by atoms with Gasteiger partial charge in [-0.3, -0.25) is 0 Å². The van der Waals surface area contributed by atoms with Crippen molar-refractivity contribution in [2.75, 3.05) is 0 Å². The lowest BCUT2D eigenvalue weighted by molar-refractivity contribution is 0.594. The lowest BCUT2D eigenvalue weighted by Crippen LogP contribution is -2.08. The normalized spacial score (nSPS) is 11.6. The summed E-state index contributed by atoms with van der Waals surface area (Å²) in [4.78, 5) is 0. The van der Waals surface area contributed by atoms with Crippen LogP contribution in [-0.2, 0) is 21.3 Å². The van der Waals surface area contributed by atoms with Crippen molar-refractivity contribution in [3.05, 3.63) is 69.8 Å². The zero-order valence-electron chi connectivity index (χ0n) is 13.1. The van der Waals surface area contributed by atoms with Crippen molar-refractivity contribution in [3.8, 4) is 0 Å². The average Bonchev–Trinajstić information content (AvgIpc) is 2.23. The third-order valence-electron chi connectivity index (χ3n) is 3.34. The monoisotopic (exact) mass is 302 g/mol. The van der Waals surface area contributed by atoms with Crippen LogP contribution in [0.4, 0.5) is 0 Å². The molecule has 112 valence electrons. The van der Waals surface area contributed by atoms with E-state index in [1.54, 1.807) is 0 Å². The smallest absolute Gasteiger partial charge is 0.158 e. The van der Waals surface area contributed by atoms with Crippen LogP contribution in [0.3, 0.4) is 0 Å². The lowest BCUT2D eigenvalue weighted by Gasteiger charge is -2.08. The maximum Gasteiger partial charge on any atom is 0.158 e. The van der Waals surface area contributed by atoms with Crippen LogP contribution in [0.2, 0.25) is 0 Å². The molecule has 2 nitrogen and oxygen atoms in total. The minimum atomic E-state index is -3.15. The van der Waals surface area contributed by atoms with Crippen LogP contribution >= 0.6 is 0 Å². The zero-order valence-corrected chi connectivity index (χ0v) is 13.9. The van der Waals surface area contributed by atoms with Crippen LogP contribution in [-0.4, -0.2) is 8.42 Å². The topological polar surface area (TPSA) is 34.1 Å². The summed E-state index contributed by atoms with van der Waals surface area (Å²) in [7, 11) is -3.15. The van der Waals surface area contributed by atoms with E-state index in [2.05, 4.69) is 12.1 Å². The summed E-state index contributed by atoms with van der Waals surface area (Å²) >= 11 is 0. The van der Waals surface area contributed by atoms with Gasteiger partial charge in [-0.2, -0.15) is 0 Å². The summed E-state index contributed by atoms with van der Waals surface area (Å²) < 4.78 is 24.8. The number of benzene rings is 2. The molecule has 0 aliphatic carbocycles. The van der Waals surface area contributed by atoms with Crippen LogP contribution in [0.1, 0.15) is 33.4 Å². The van der Waals surface area contributed by atoms with Gasteiger partial charge in [-0.1, -0.05) is 58.7 Å². The molecule has 0 atom stereocenters. The molecular formula is C18H22O2S. The molecule has 0 unspecified atom stereocenters. The summed E-state index contributed by atoms with van der Waals surface area (Å²) in [6, 6.07) is 11.9. The first-order valence-corrected chi connectivity index (χ1v) is 8.90. The fourth-order valence-corrected chi connectivity index (χ4v) is 4.31. The minimum absolute atomic E-state index is 0.0997. The maximum absolute atomic E-state index is 12.4. The standard InChI is InChI=1S/C18H22O2S/c1-13-5-14(2)8-17(7-13)11-21(19,20)12-18-9-15(3)6-16(4)10-18/h5-10H,11-12H2,1-4H3. The van der Waals surface area contributed by atoms with Gasteiger partial charge in [0.2, 0.25) is 0 Å². The summed E-state index contributed by atoms with van der Waals surface area (Å²) in [5, 5.41) is 0. The SMILES string of the molecule is Cc1cc(C)cc(CS(=O)(=O)Cc2cc(C)cc(C)c2)c1. The molecule has 2 aromatic rings. The van der Waals surface area contributed by atoms with E-state index in [-0.39, 0.29) is 11.5 Å². The molecule has 0 spiro atoms. The van der Waals surface area contributed by atoms with Crippen molar-refractivity contribution < 1.29 is 8.42 Å². The first-order valence-electron chi connectivity index (χ1n) is 7.08. The lowest BCUT2D eigenvalue weighted by atomic mass is 10.1. The van der Waals surface area contributed by atoms with Gasteiger partial charge in [-0.05, 0) is 38.8 Å². The van der Waals surface area contributed by atoms with Gasteiger partial charge in [0, 0.05) is 0 Å². The minimum Gasteiger partial charge on any atom is -0.228 e. The molecule has 0 radical (unpaired) electrons. The molecular weight excluding hydrogens is 280 g/mol. The van der Waals surface area contributed by atoms with Crippen molar-refractivity contribution in [1.29, 1.82) is 0 Å². The Bertz CT molecular complexity index is 659. The molecule has 0 N–H and O–H groups in total. The predicted molar refractivity (Wildman–Crippen MR) is 88.2 cm³/mol. The molecule has 0 aromatic heterocycles. The Kier molecular flexibility index (Phi) is 4.52. The second-order valence-corrected chi connectivity index (χ2v) is 8.09. The molecule has 0 heterocycles. The Balaban J connectivity index is 2.22. The third kappa shape index (κ3) is 4.71. The van der Waals surface area contributed by atoms with Crippen LogP contribution < -0.4 is 0 Å². The Morgan fingerprint density at radius 1 is 0.619 bits per heavy atom. The Morgan fingerprint density at radius 2 is 0.905 bits per heavy atom. The van der Waals surface area contributed by atoms with Gasteiger partial charge in [0.15, 0.2) is 9.84 Å². The van der Waals surface area contributed by atoms with Gasteiger partial charge in [0.05, 0.1) is 11.5 Å². The quantitative estimate of drug-likeness (QED) is 0.854. The molecule has 0 saturated carbocycles. The fourth-order valence-electron chi connectivity index (χ4n) is 2.86. The number of rotatable bonds is 4. The van der Waals surface area contributed by atoms with Gasteiger partial charge in [-0.25, -0.2) is 8.42 Å². The maximum atomic E-state index is 12.4. The van der Waals surface area contributed by atoms with Crippen molar-refractivity contribution in [1.82, 2.24) is 0 Å². The Hall–Kier alpha value is -1.61. The number of sulfone groups is 1. The first-order chi connectivity index (χ1) is 9.73. The summed E-state index contributed by atoms with van der Waals surface area (Å²) in [5.41, 5.74) is 6.16. The molecule has 2 rings (SSSR count). The number of hydrogen-bond acceptors (Lipinski definition) is 2. The Labute approximate surface area is 127 Å². The van der Waals surface area contributed by atoms with Crippen LogP contribution in [0, 0.1) is 27.7 Å². The predicted octanol–water partition coefficient (Wildman–Crippen LogP) is 4.04. The summed E-state index contributed by atoms with van der Waals surface area (Å²) in [6.45, 7) is 7.97. The summed E-state index contributed by atoms with van der Waals surface area (Å²) in [5.74, 6) is 0.199. The van der Waals surface area contributed by atoms with E-state index in [1.807, 2.05) is 52.0 Å². The molecule has 2 aromatic carbocycles. The van der Waals surface area contributed by atoms with E-state index in [0.717, 1.165) is 33.4 Å². The molecule has 21 heavy (non-hydrogen) atoms. The van der Waals surface area contributed by atoms with E-state index in [9.17, 15) is 8.42 Å². The number of aryl methyl sites for hydroxylation is 4. The largest absolute Gasteiger partial charge is 0.228 e. The van der Waals surface area contributed by atoms with E-state index >= 15 is 0 Å². The second kappa shape index (κ2) is 6.02. The molecule has 3 heteroatoms. The Morgan fingerprint density at radius 3 is 1.19 bits per heavy atom. The molecule has 0 aliphatic heterocycles. The zero-order chi connectivity index (χ0) is 15.6. The summed E-state index contributed by atoms with van der Waals surface area (Å²) in [6.07, 6.45) is 0. The van der Waals surface area contributed by atoms with E-state index in [1.165, 1.54) is 0 Å². The van der Waals surface area contributed by atoms with Crippen molar-refractivity contribution in [2.45, 2.75) is 39.2 Å². The van der Waals surface area contributed by atoms with Crippen molar-refractivity contribution in [2.24, 2.45) is 0 Å². The number of hydrogen-bond donors (Lipinski definition) is 0. The highest BCUT2D eigenvalue weighted by Crippen LogP contribution is 2.17. The van der Waals surface area contributed by atoms with Gasteiger partial charge < -0.3 is 0 Å². The first kappa shape index (κ1) is 15.8. The van der Waals surface area contributed by atoms with Gasteiger partial charge in [-0.15, -0.1) is 0 Å². The second-order valence-electron chi connectivity index (χ2n) is 6.02. The van der Waals surface area contributed by atoms with E-state index < -0.39 is 9.84 Å². The highest BCUT2D eigenvalue weighted by Gasteiger charge is 2.14.